The Morgan fingerprint density at radius 2 is 1.66 bits per heavy atom. The predicted molar refractivity (Wildman–Crippen MR) is 121 cm³/mol. The SMILES string of the molecule is O=C(Nc1ccccc1)c1ccc(CN2C(=O)N[C@]3(CCCc4ccccc43)C2=O)cc1. The number of urea groups is 1. The van der Waals surface area contributed by atoms with E-state index in [2.05, 4.69) is 10.6 Å². The molecule has 0 radical (unpaired) electrons. The first-order chi connectivity index (χ1) is 15.6. The molecule has 2 aliphatic rings. The lowest BCUT2D eigenvalue weighted by atomic mass is 9.76. The van der Waals surface area contributed by atoms with Gasteiger partial charge in [-0.2, -0.15) is 0 Å². The third kappa shape index (κ3) is 3.43. The van der Waals surface area contributed by atoms with Crippen LogP contribution in [0.25, 0.3) is 0 Å². The van der Waals surface area contributed by atoms with Crippen molar-refractivity contribution in [3.63, 3.8) is 0 Å². The molecule has 1 fully saturated rings. The lowest BCUT2D eigenvalue weighted by molar-refractivity contribution is -0.132. The van der Waals surface area contributed by atoms with Crippen molar-refractivity contribution in [2.45, 2.75) is 31.3 Å². The van der Waals surface area contributed by atoms with Crippen LogP contribution in [0.1, 0.15) is 39.9 Å². The molecule has 1 heterocycles. The van der Waals surface area contributed by atoms with Gasteiger partial charge in [-0.3, -0.25) is 14.5 Å². The van der Waals surface area contributed by atoms with Crippen molar-refractivity contribution >= 4 is 23.5 Å². The Labute approximate surface area is 186 Å². The molecule has 1 aliphatic carbocycles. The van der Waals surface area contributed by atoms with Gasteiger partial charge in [-0.05, 0) is 60.2 Å². The summed E-state index contributed by atoms with van der Waals surface area (Å²) in [5.41, 5.74) is 3.06. The molecule has 1 spiro atoms. The number of aryl methyl sites for hydroxylation is 1. The van der Waals surface area contributed by atoms with Crippen molar-refractivity contribution < 1.29 is 14.4 Å². The zero-order valence-corrected chi connectivity index (χ0v) is 17.5. The van der Waals surface area contributed by atoms with Crippen molar-refractivity contribution in [1.29, 1.82) is 0 Å². The summed E-state index contributed by atoms with van der Waals surface area (Å²) in [6.07, 6.45) is 2.36. The molecule has 6 heteroatoms. The van der Waals surface area contributed by atoms with Gasteiger partial charge >= 0.3 is 6.03 Å². The van der Waals surface area contributed by atoms with Crippen LogP contribution in [0.15, 0.2) is 78.9 Å². The summed E-state index contributed by atoms with van der Waals surface area (Å²) in [4.78, 5) is 39.9. The minimum atomic E-state index is -0.971. The van der Waals surface area contributed by atoms with Gasteiger partial charge in [0.1, 0.15) is 5.54 Å². The first-order valence-corrected chi connectivity index (χ1v) is 10.7. The molecule has 0 aromatic heterocycles. The van der Waals surface area contributed by atoms with E-state index in [1.807, 2.05) is 54.6 Å². The van der Waals surface area contributed by atoms with Crippen molar-refractivity contribution in [3.8, 4) is 0 Å². The fourth-order valence-electron chi connectivity index (χ4n) is 4.62. The number of anilines is 1. The summed E-state index contributed by atoms with van der Waals surface area (Å²) in [6, 6.07) is 23.7. The number of imide groups is 1. The van der Waals surface area contributed by atoms with Gasteiger partial charge in [0.25, 0.3) is 11.8 Å². The Balaban J connectivity index is 1.32. The molecule has 160 valence electrons. The first kappa shape index (κ1) is 20.0. The van der Waals surface area contributed by atoms with Gasteiger partial charge in [0, 0.05) is 11.3 Å². The highest BCUT2D eigenvalue weighted by atomic mass is 16.2. The summed E-state index contributed by atoms with van der Waals surface area (Å²) in [5, 5.41) is 5.82. The average Bonchev–Trinajstić information content (AvgIpc) is 3.05. The van der Waals surface area contributed by atoms with E-state index >= 15 is 0 Å². The normalized spacial score (nSPS) is 19.6. The molecule has 1 aliphatic heterocycles. The summed E-state index contributed by atoms with van der Waals surface area (Å²) < 4.78 is 0. The molecule has 2 N–H and O–H groups in total. The topological polar surface area (TPSA) is 78.5 Å². The Morgan fingerprint density at radius 3 is 2.44 bits per heavy atom. The van der Waals surface area contributed by atoms with E-state index < -0.39 is 5.54 Å². The Bertz CT molecular complexity index is 1190. The maximum atomic E-state index is 13.4. The number of nitrogens with one attached hydrogen (secondary N) is 2. The van der Waals surface area contributed by atoms with Crippen molar-refractivity contribution in [2.24, 2.45) is 0 Å². The van der Waals surface area contributed by atoms with Crippen LogP contribution >= 0.6 is 0 Å². The van der Waals surface area contributed by atoms with E-state index in [1.165, 1.54) is 4.90 Å². The molecule has 1 saturated heterocycles. The molecule has 6 nitrogen and oxygen atoms in total. The number of nitrogens with zero attached hydrogens (tertiary/aromatic N) is 1. The summed E-state index contributed by atoms with van der Waals surface area (Å²) in [6.45, 7) is 0.162. The molecule has 0 bridgehead atoms. The number of amides is 4. The van der Waals surface area contributed by atoms with E-state index in [4.69, 9.17) is 0 Å². The lowest BCUT2D eigenvalue weighted by Crippen LogP contribution is -2.46. The largest absolute Gasteiger partial charge is 0.325 e. The van der Waals surface area contributed by atoms with Gasteiger partial charge < -0.3 is 10.6 Å². The number of hydrogen-bond acceptors (Lipinski definition) is 3. The van der Waals surface area contributed by atoms with E-state index in [9.17, 15) is 14.4 Å². The van der Waals surface area contributed by atoms with Crippen LogP contribution in [0.4, 0.5) is 10.5 Å². The van der Waals surface area contributed by atoms with Gasteiger partial charge in [0.2, 0.25) is 0 Å². The zero-order chi connectivity index (χ0) is 22.1. The maximum absolute atomic E-state index is 13.4. The third-order valence-electron chi connectivity index (χ3n) is 6.24. The number of fused-ring (bicyclic) bond motifs is 2. The average molecular weight is 425 g/mol. The second-order valence-electron chi connectivity index (χ2n) is 8.25. The van der Waals surface area contributed by atoms with Crippen LogP contribution in [0.2, 0.25) is 0 Å². The van der Waals surface area contributed by atoms with Gasteiger partial charge in [-0.25, -0.2) is 4.79 Å². The van der Waals surface area contributed by atoms with Crippen molar-refractivity contribution in [1.82, 2.24) is 10.2 Å². The molecule has 32 heavy (non-hydrogen) atoms. The number of benzene rings is 3. The molecule has 4 amide bonds. The minimum Gasteiger partial charge on any atom is -0.322 e. The van der Waals surface area contributed by atoms with Crippen molar-refractivity contribution in [2.75, 3.05) is 5.32 Å². The van der Waals surface area contributed by atoms with Crippen LogP contribution in [-0.2, 0) is 23.3 Å². The van der Waals surface area contributed by atoms with Crippen LogP contribution in [0.5, 0.6) is 0 Å². The number of carbonyl (C=O) groups excluding carboxylic acids is 3. The molecular weight excluding hydrogens is 402 g/mol. The third-order valence-corrected chi connectivity index (χ3v) is 6.24. The van der Waals surface area contributed by atoms with Gasteiger partial charge in [0.15, 0.2) is 0 Å². The summed E-state index contributed by atoms with van der Waals surface area (Å²) >= 11 is 0. The predicted octanol–water partition coefficient (Wildman–Crippen LogP) is 4.22. The quantitative estimate of drug-likeness (QED) is 0.615. The van der Waals surface area contributed by atoms with Crippen molar-refractivity contribution in [3.05, 3.63) is 101 Å². The Kier molecular flexibility index (Phi) is 4.98. The highest BCUT2D eigenvalue weighted by Crippen LogP contribution is 2.40. The standard InChI is InChI=1S/C26H23N3O3/c30-23(27-21-9-2-1-3-10-21)20-14-12-18(13-15-20)17-29-24(31)26(28-25(29)32)16-6-8-19-7-4-5-11-22(19)26/h1-5,7,9-15H,6,8,16-17H2,(H,27,30)(H,28,32)/t26-/m0/s1. The van der Waals surface area contributed by atoms with Crippen LogP contribution in [0, 0.1) is 0 Å². The number of para-hydroxylation sites is 1. The smallest absolute Gasteiger partial charge is 0.322 e. The fourth-order valence-corrected chi connectivity index (χ4v) is 4.62. The zero-order valence-electron chi connectivity index (χ0n) is 17.5. The van der Waals surface area contributed by atoms with Crippen LogP contribution in [0.3, 0.4) is 0 Å². The molecule has 5 rings (SSSR count). The maximum Gasteiger partial charge on any atom is 0.325 e. The van der Waals surface area contributed by atoms with Gasteiger partial charge in [-0.15, -0.1) is 0 Å². The molecular formula is C26H23N3O3. The lowest BCUT2D eigenvalue weighted by Gasteiger charge is -2.33. The van der Waals surface area contributed by atoms with E-state index in [1.54, 1.807) is 24.3 Å². The molecule has 3 aromatic rings. The molecule has 1 atom stereocenters. The highest BCUT2D eigenvalue weighted by molar-refractivity contribution is 6.08. The fraction of sp³-hybridized carbons (Fsp3) is 0.192. The van der Waals surface area contributed by atoms with E-state index in [0.29, 0.717) is 12.0 Å². The summed E-state index contributed by atoms with van der Waals surface area (Å²) in [5.74, 6) is -0.420. The monoisotopic (exact) mass is 425 g/mol. The number of hydrogen-bond donors (Lipinski definition) is 2. The number of carbonyl (C=O) groups is 3. The second kappa shape index (κ2) is 7.96. The minimum absolute atomic E-state index is 0.162. The first-order valence-electron chi connectivity index (χ1n) is 10.7. The molecule has 0 unspecified atom stereocenters. The second-order valence-corrected chi connectivity index (χ2v) is 8.25. The van der Waals surface area contributed by atoms with Gasteiger partial charge in [-0.1, -0.05) is 54.6 Å². The molecule has 0 saturated carbocycles. The van der Waals surface area contributed by atoms with Crippen LogP contribution in [-0.4, -0.2) is 22.7 Å². The Morgan fingerprint density at radius 1 is 0.938 bits per heavy atom. The highest BCUT2D eigenvalue weighted by Gasteiger charge is 2.53. The van der Waals surface area contributed by atoms with E-state index in [-0.39, 0.29) is 24.4 Å². The van der Waals surface area contributed by atoms with E-state index in [0.717, 1.165) is 35.2 Å². The Hall–Kier alpha value is -3.93. The summed E-state index contributed by atoms with van der Waals surface area (Å²) in [7, 11) is 0. The van der Waals surface area contributed by atoms with Gasteiger partial charge in [0.05, 0.1) is 6.54 Å². The van der Waals surface area contributed by atoms with Crippen LogP contribution < -0.4 is 10.6 Å². The number of rotatable bonds is 4. The molecule has 3 aromatic carbocycles.